The summed E-state index contributed by atoms with van der Waals surface area (Å²) in [5, 5.41) is 0. The van der Waals surface area contributed by atoms with E-state index in [4.69, 9.17) is 25.9 Å². The van der Waals surface area contributed by atoms with Crippen LogP contribution in [0, 0.1) is 0 Å². The van der Waals surface area contributed by atoms with Gasteiger partial charge in [0.25, 0.3) is 0 Å². The molecule has 9 heteroatoms. The molecule has 0 aromatic heterocycles. The normalized spacial score (nSPS) is 29.2. The lowest BCUT2D eigenvalue weighted by molar-refractivity contribution is -0.267. The second-order valence-corrected chi connectivity index (χ2v) is 7.81. The molecule has 3 unspecified atom stereocenters. The van der Waals surface area contributed by atoms with Crippen LogP contribution in [0.15, 0.2) is 0 Å². The van der Waals surface area contributed by atoms with Crippen LogP contribution in [0.25, 0.3) is 0 Å². The molecule has 8 N–H and O–H groups in total. The lowest BCUT2D eigenvalue weighted by Gasteiger charge is -2.48. The Morgan fingerprint density at radius 1 is 1.00 bits per heavy atom. The quantitative estimate of drug-likeness (QED) is 0.141. The number of nitrogens with two attached hydrogens (primary N) is 2. The number of ether oxygens (including phenoxy) is 3. The second kappa shape index (κ2) is 13.0. The van der Waals surface area contributed by atoms with Crippen molar-refractivity contribution >= 4 is 0 Å². The van der Waals surface area contributed by atoms with Gasteiger partial charge in [-0.2, -0.15) is 0 Å². The molecule has 1 heterocycles. The first kappa shape index (κ1) is 24.7. The van der Waals surface area contributed by atoms with Gasteiger partial charge >= 0.3 is 0 Å². The predicted molar refractivity (Wildman–Crippen MR) is 107 cm³/mol. The van der Waals surface area contributed by atoms with E-state index in [1.165, 1.54) is 12.8 Å². The van der Waals surface area contributed by atoms with Crippen LogP contribution in [0.1, 0.15) is 59.8 Å². The van der Waals surface area contributed by atoms with Crippen molar-refractivity contribution in [1.82, 2.24) is 21.7 Å². The first-order valence-electron chi connectivity index (χ1n) is 10.2. The number of methoxy groups -OCH3 is 1. The van der Waals surface area contributed by atoms with Crippen molar-refractivity contribution in [3.63, 3.8) is 0 Å². The highest BCUT2D eigenvalue weighted by molar-refractivity contribution is 5.00. The van der Waals surface area contributed by atoms with Gasteiger partial charge in [-0.25, -0.2) is 0 Å². The fourth-order valence-corrected chi connectivity index (χ4v) is 3.57. The lowest BCUT2D eigenvalue weighted by Crippen LogP contribution is -2.75. The monoisotopic (exact) mass is 390 g/mol. The summed E-state index contributed by atoms with van der Waals surface area (Å²) in [5.74, 6) is 11.7. The molecular formula is C18H42N6O3. The number of rotatable bonds is 14. The Morgan fingerprint density at radius 3 is 2.26 bits per heavy atom. The second-order valence-electron chi connectivity index (χ2n) is 7.81. The maximum atomic E-state index is 6.27. The molecule has 0 radical (unpaired) electrons. The molecule has 27 heavy (non-hydrogen) atoms. The zero-order valence-corrected chi connectivity index (χ0v) is 17.7. The molecule has 1 aliphatic rings. The number of nitrogens with one attached hydrogen (secondary N) is 4. The fraction of sp³-hybridized carbons (Fsp3) is 1.00. The largest absolute Gasteiger partial charge is 0.382 e. The maximum Gasteiger partial charge on any atom is 0.176 e. The lowest BCUT2D eigenvalue weighted by atomic mass is 9.92. The van der Waals surface area contributed by atoms with E-state index in [-0.39, 0.29) is 29.8 Å². The van der Waals surface area contributed by atoms with E-state index in [1.807, 2.05) is 0 Å². The summed E-state index contributed by atoms with van der Waals surface area (Å²) >= 11 is 0. The minimum atomic E-state index is -0.545. The molecule has 1 fully saturated rings. The third-order valence-electron chi connectivity index (χ3n) is 4.95. The molecule has 0 aromatic rings. The average Bonchev–Trinajstić information content (AvgIpc) is 2.62. The highest BCUT2D eigenvalue weighted by Crippen LogP contribution is 2.27. The first-order valence-corrected chi connectivity index (χ1v) is 10.2. The summed E-state index contributed by atoms with van der Waals surface area (Å²) in [5.41, 5.74) is 12.0. The van der Waals surface area contributed by atoms with E-state index >= 15 is 0 Å². The molecule has 0 saturated carbocycles. The summed E-state index contributed by atoms with van der Waals surface area (Å²) < 4.78 is 17.9. The molecule has 9 nitrogen and oxygen atoms in total. The van der Waals surface area contributed by atoms with Crippen molar-refractivity contribution in [1.29, 1.82) is 0 Å². The SMILES string of the molecule is CCCCCNN[C@@H]1C(COC)O[C@H](OC(C)(C)CCC)C(NN)C1NN. The van der Waals surface area contributed by atoms with Crippen LogP contribution < -0.4 is 33.4 Å². The van der Waals surface area contributed by atoms with E-state index < -0.39 is 6.29 Å². The molecule has 1 rings (SSSR count). The number of hydrogen-bond acceptors (Lipinski definition) is 9. The average molecular weight is 391 g/mol. The molecular weight excluding hydrogens is 348 g/mol. The van der Waals surface area contributed by atoms with Crippen molar-refractivity contribution in [3.8, 4) is 0 Å². The van der Waals surface area contributed by atoms with Crippen LogP contribution in [0.4, 0.5) is 0 Å². The molecule has 0 spiro atoms. The zero-order valence-electron chi connectivity index (χ0n) is 17.7. The Morgan fingerprint density at radius 2 is 1.70 bits per heavy atom. The highest BCUT2D eigenvalue weighted by atomic mass is 16.7. The smallest absolute Gasteiger partial charge is 0.176 e. The molecule has 0 aromatic carbocycles. The molecule has 0 amide bonds. The Balaban J connectivity index is 2.86. The van der Waals surface area contributed by atoms with Crippen LogP contribution in [0.3, 0.4) is 0 Å². The number of hydrazine groups is 3. The first-order chi connectivity index (χ1) is 12.9. The van der Waals surface area contributed by atoms with E-state index in [0.717, 1.165) is 25.8 Å². The van der Waals surface area contributed by atoms with Crippen LogP contribution in [-0.2, 0) is 14.2 Å². The minimum Gasteiger partial charge on any atom is -0.382 e. The summed E-state index contributed by atoms with van der Waals surface area (Å²) in [4.78, 5) is 0. The Labute approximate surface area is 164 Å². The maximum absolute atomic E-state index is 6.27. The topological polar surface area (TPSA) is 128 Å². The summed E-state index contributed by atoms with van der Waals surface area (Å²) in [6.07, 6.45) is 4.61. The predicted octanol–water partition coefficient (Wildman–Crippen LogP) is 0.270. The fourth-order valence-electron chi connectivity index (χ4n) is 3.57. The van der Waals surface area contributed by atoms with Gasteiger partial charge in [-0.3, -0.25) is 33.4 Å². The van der Waals surface area contributed by atoms with Gasteiger partial charge in [-0.15, -0.1) is 0 Å². The third kappa shape index (κ3) is 7.88. The van der Waals surface area contributed by atoms with Gasteiger partial charge in [0.15, 0.2) is 6.29 Å². The molecule has 1 aliphatic heterocycles. The van der Waals surface area contributed by atoms with E-state index in [9.17, 15) is 0 Å². The summed E-state index contributed by atoms with van der Waals surface area (Å²) in [6, 6.07) is -0.689. The van der Waals surface area contributed by atoms with Crippen LogP contribution in [0.2, 0.25) is 0 Å². The van der Waals surface area contributed by atoms with Gasteiger partial charge in [0.05, 0.1) is 30.3 Å². The Kier molecular flexibility index (Phi) is 11.9. The van der Waals surface area contributed by atoms with E-state index in [1.54, 1.807) is 7.11 Å². The van der Waals surface area contributed by atoms with Crippen molar-refractivity contribution in [2.75, 3.05) is 20.3 Å². The van der Waals surface area contributed by atoms with Crippen LogP contribution >= 0.6 is 0 Å². The molecule has 1 saturated heterocycles. The van der Waals surface area contributed by atoms with Crippen molar-refractivity contribution in [3.05, 3.63) is 0 Å². The van der Waals surface area contributed by atoms with Crippen LogP contribution in [0.5, 0.6) is 0 Å². The van der Waals surface area contributed by atoms with Gasteiger partial charge in [-0.1, -0.05) is 33.1 Å². The Hall–Kier alpha value is -0.360. The van der Waals surface area contributed by atoms with Crippen molar-refractivity contribution < 1.29 is 14.2 Å². The molecule has 0 aliphatic carbocycles. The molecule has 5 atom stereocenters. The van der Waals surface area contributed by atoms with E-state index in [0.29, 0.717) is 6.61 Å². The van der Waals surface area contributed by atoms with E-state index in [2.05, 4.69) is 49.4 Å². The summed E-state index contributed by atoms with van der Waals surface area (Å²) in [7, 11) is 1.66. The highest BCUT2D eigenvalue weighted by Gasteiger charge is 2.47. The molecule has 0 bridgehead atoms. The Bertz CT molecular complexity index is 388. The molecule has 162 valence electrons. The van der Waals surface area contributed by atoms with Gasteiger partial charge in [0.1, 0.15) is 6.10 Å². The standard InChI is InChI=1S/C18H42N6O3/c1-6-8-9-11-21-24-14-13(12-25-5)26-17(16(23-20)15(14)22-19)27-18(3,4)10-7-2/h13-17,21-24H,6-12,19-20H2,1-5H3/t13?,14-,15?,16?,17-/m1/s1. The zero-order chi connectivity index (χ0) is 20.3. The number of unbranched alkanes of at least 4 members (excludes halogenated alkanes) is 2. The summed E-state index contributed by atoms with van der Waals surface area (Å²) in [6.45, 7) is 9.71. The van der Waals surface area contributed by atoms with Crippen LogP contribution in [-0.4, -0.2) is 56.4 Å². The van der Waals surface area contributed by atoms with Crippen molar-refractivity contribution in [2.45, 2.75) is 95.9 Å². The number of hydrogen-bond donors (Lipinski definition) is 6. The van der Waals surface area contributed by atoms with Gasteiger partial charge in [0.2, 0.25) is 0 Å². The van der Waals surface area contributed by atoms with Crippen molar-refractivity contribution in [2.24, 2.45) is 11.7 Å². The van der Waals surface area contributed by atoms with Gasteiger partial charge in [0, 0.05) is 13.7 Å². The third-order valence-corrected chi connectivity index (χ3v) is 4.95. The van der Waals surface area contributed by atoms with Gasteiger partial charge < -0.3 is 14.2 Å². The minimum absolute atomic E-state index is 0.147. The van der Waals surface area contributed by atoms with Gasteiger partial charge in [-0.05, 0) is 26.7 Å².